The van der Waals surface area contributed by atoms with Gasteiger partial charge in [0.05, 0.1) is 18.9 Å². The van der Waals surface area contributed by atoms with Crippen molar-refractivity contribution in [1.29, 1.82) is 0 Å². The molecule has 3 aliphatic rings. The Kier molecular flexibility index (Phi) is 6.18. The van der Waals surface area contributed by atoms with E-state index in [-0.39, 0.29) is 12.5 Å². The van der Waals surface area contributed by atoms with Gasteiger partial charge >= 0.3 is 0 Å². The fourth-order valence-corrected chi connectivity index (χ4v) is 3.72. The van der Waals surface area contributed by atoms with Crippen molar-refractivity contribution < 1.29 is 14.3 Å². The number of fused-ring (bicyclic) bond motifs is 4. The normalized spacial score (nSPS) is 24.1. The summed E-state index contributed by atoms with van der Waals surface area (Å²) in [5.41, 5.74) is 1.10. The van der Waals surface area contributed by atoms with Crippen LogP contribution >= 0.6 is 0 Å². The summed E-state index contributed by atoms with van der Waals surface area (Å²) in [6.45, 7) is 4.84. The van der Waals surface area contributed by atoms with E-state index in [1.807, 2.05) is 23.2 Å². The van der Waals surface area contributed by atoms with Crippen LogP contribution in [-0.4, -0.2) is 73.3 Å². The monoisotopic (exact) mass is 333 g/mol. The highest BCUT2D eigenvalue weighted by Gasteiger charge is 2.37. The summed E-state index contributed by atoms with van der Waals surface area (Å²) in [4.78, 5) is 21.4. The second-order valence-electron chi connectivity index (χ2n) is 6.70. The molecule has 0 radical (unpaired) electrons. The first-order valence-corrected chi connectivity index (χ1v) is 8.74. The van der Waals surface area contributed by atoms with Crippen LogP contribution in [0.15, 0.2) is 24.4 Å². The molecule has 0 spiro atoms. The molecule has 0 saturated carbocycles. The summed E-state index contributed by atoms with van der Waals surface area (Å²) in [7, 11) is 1.63. The van der Waals surface area contributed by atoms with E-state index >= 15 is 0 Å². The topological polar surface area (TPSA) is 54.9 Å². The summed E-state index contributed by atoms with van der Waals surface area (Å²) in [5.74, 6) is 0.663. The number of methoxy groups -OCH3 is 1. The van der Waals surface area contributed by atoms with Crippen molar-refractivity contribution in [3.8, 4) is 0 Å². The molecule has 3 fully saturated rings. The highest BCUT2D eigenvalue weighted by Crippen LogP contribution is 2.28. The predicted molar refractivity (Wildman–Crippen MR) is 90.4 cm³/mol. The molecule has 4 heterocycles. The van der Waals surface area contributed by atoms with E-state index < -0.39 is 0 Å². The van der Waals surface area contributed by atoms with Crippen molar-refractivity contribution in [2.45, 2.75) is 25.4 Å². The molecule has 132 valence electrons. The molecular weight excluding hydrogens is 306 g/mol. The predicted octanol–water partition coefficient (Wildman–Crippen LogP) is 1.17. The van der Waals surface area contributed by atoms with E-state index in [0.29, 0.717) is 25.2 Å². The Balaban J connectivity index is 1.56. The summed E-state index contributed by atoms with van der Waals surface area (Å²) < 4.78 is 10.4. The van der Waals surface area contributed by atoms with Crippen molar-refractivity contribution in [2.75, 3.05) is 46.6 Å². The fourth-order valence-electron chi connectivity index (χ4n) is 3.72. The zero-order valence-electron chi connectivity index (χ0n) is 14.4. The van der Waals surface area contributed by atoms with E-state index in [1.165, 1.54) is 6.42 Å². The van der Waals surface area contributed by atoms with Crippen LogP contribution in [0.2, 0.25) is 0 Å². The molecule has 3 aliphatic heterocycles. The molecule has 3 saturated heterocycles. The Bertz CT molecular complexity index is 526. The summed E-state index contributed by atoms with van der Waals surface area (Å²) in [5, 5.41) is 0. The zero-order valence-corrected chi connectivity index (χ0v) is 14.4. The fraction of sp³-hybridized carbons (Fsp3) is 0.667. The van der Waals surface area contributed by atoms with E-state index in [0.717, 1.165) is 38.3 Å². The van der Waals surface area contributed by atoms with Crippen molar-refractivity contribution in [2.24, 2.45) is 5.92 Å². The molecule has 24 heavy (non-hydrogen) atoms. The number of nitrogens with zero attached hydrogens (tertiary/aromatic N) is 3. The molecule has 1 aromatic heterocycles. The Morgan fingerprint density at radius 3 is 2.96 bits per heavy atom. The maximum absolute atomic E-state index is 12.5. The van der Waals surface area contributed by atoms with Crippen LogP contribution in [0.3, 0.4) is 0 Å². The van der Waals surface area contributed by atoms with Gasteiger partial charge in [-0.25, -0.2) is 0 Å². The number of pyridine rings is 1. The third-order valence-corrected chi connectivity index (χ3v) is 4.88. The van der Waals surface area contributed by atoms with Crippen LogP contribution in [0.25, 0.3) is 0 Å². The van der Waals surface area contributed by atoms with Gasteiger partial charge < -0.3 is 14.4 Å². The molecule has 0 aromatic carbocycles. The minimum atomic E-state index is 0.112. The molecule has 0 aliphatic carbocycles. The second kappa shape index (κ2) is 8.55. The lowest BCUT2D eigenvalue weighted by molar-refractivity contribution is -0.140. The number of ether oxygens (including phenoxy) is 2. The Morgan fingerprint density at radius 1 is 1.25 bits per heavy atom. The molecule has 1 amide bonds. The average Bonchev–Trinajstić information content (AvgIpc) is 2.90. The first-order valence-electron chi connectivity index (χ1n) is 8.74. The van der Waals surface area contributed by atoms with Crippen LogP contribution in [0.4, 0.5) is 0 Å². The highest BCUT2D eigenvalue weighted by molar-refractivity contribution is 5.78. The van der Waals surface area contributed by atoms with Gasteiger partial charge in [0.1, 0.15) is 6.61 Å². The molecule has 2 bridgehead atoms. The van der Waals surface area contributed by atoms with Gasteiger partial charge in [-0.2, -0.15) is 0 Å². The van der Waals surface area contributed by atoms with E-state index in [9.17, 15) is 4.79 Å². The lowest BCUT2D eigenvalue weighted by Gasteiger charge is -2.36. The van der Waals surface area contributed by atoms with Crippen molar-refractivity contribution in [3.63, 3.8) is 0 Å². The Hall–Kier alpha value is -1.50. The molecule has 2 atom stereocenters. The van der Waals surface area contributed by atoms with Crippen molar-refractivity contribution in [1.82, 2.24) is 14.8 Å². The van der Waals surface area contributed by atoms with Crippen molar-refractivity contribution >= 4 is 5.91 Å². The van der Waals surface area contributed by atoms with Gasteiger partial charge in [-0.05, 0) is 30.9 Å². The summed E-state index contributed by atoms with van der Waals surface area (Å²) in [6, 6.07) is 6.34. The van der Waals surface area contributed by atoms with Gasteiger partial charge in [0.15, 0.2) is 0 Å². The van der Waals surface area contributed by atoms with Crippen molar-refractivity contribution in [3.05, 3.63) is 30.1 Å². The quantitative estimate of drug-likeness (QED) is 0.701. The Morgan fingerprint density at radius 2 is 2.17 bits per heavy atom. The Labute approximate surface area is 143 Å². The van der Waals surface area contributed by atoms with E-state index in [2.05, 4.69) is 16.0 Å². The maximum Gasteiger partial charge on any atom is 0.248 e. The minimum Gasteiger partial charge on any atom is -0.382 e. The maximum atomic E-state index is 12.5. The molecule has 1 aromatic rings. The number of carbonyl (C=O) groups is 1. The standard InChI is InChI=1S/C18H27N3O3/c1-23-8-9-24-14-18(22)21-11-15-5-6-17(21)13-20(10-15)12-16-4-2-3-7-19-16/h2-4,7,15,17H,5-6,8-14H2,1H3/t15-,17+/m1/s1. The number of carbonyl (C=O) groups excluding carboxylic acids is 1. The molecule has 0 N–H and O–H groups in total. The lowest BCUT2D eigenvalue weighted by atomic mass is 9.95. The third kappa shape index (κ3) is 4.53. The third-order valence-electron chi connectivity index (χ3n) is 4.88. The molecule has 6 nitrogen and oxygen atoms in total. The van der Waals surface area contributed by atoms with Gasteiger partial charge in [-0.3, -0.25) is 14.7 Å². The second-order valence-corrected chi connectivity index (χ2v) is 6.70. The number of aromatic nitrogens is 1. The van der Waals surface area contributed by atoms with Gasteiger partial charge in [-0.1, -0.05) is 6.07 Å². The molecular formula is C18H27N3O3. The zero-order chi connectivity index (χ0) is 16.8. The molecule has 6 heteroatoms. The van der Waals surface area contributed by atoms with Crippen LogP contribution in [0, 0.1) is 5.92 Å². The summed E-state index contributed by atoms with van der Waals surface area (Å²) in [6.07, 6.45) is 4.14. The molecule has 4 rings (SSSR count). The number of rotatable bonds is 7. The van der Waals surface area contributed by atoms with Gasteiger partial charge in [0, 0.05) is 45.5 Å². The number of piperidine rings is 1. The highest BCUT2D eigenvalue weighted by atomic mass is 16.5. The van der Waals surface area contributed by atoms with E-state index in [1.54, 1.807) is 7.11 Å². The van der Waals surface area contributed by atoms with Gasteiger partial charge in [-0.15, -0.1) is 0 Å². The first-order chi connectivity index (χ1) is 11.8. The lowest BCUT2D eigenvalue weighted by Crippen LogP contribution is -2.48. The largest absolute Gasteiger partial charge is 0.382 e. The molecule has 0 unspecified atom stereocenters. The van der Waals surface area contributed by atoms with Gasteiger partial charge in [0.2, 0.25) is 5.91 Å². The smallest absolute Gasteiger partial charge is 0.248 e. The SMILES string of the molecule is COCCOCC(=O)N1C[C@@H]2CC[C@H]1CN(Cc1ccccn1)C2. The first kappa shape index (κ1) is 17.3. The number of amides is 1. The van der Waals surface area contributed by atoms with Crippen LogP contribution < -0.4 is 0 Å². The summed E-state index contributed by atoms with van der Waals surface area (Å²) >= 11 is 0. The average molecular weight is 333 g/mol. The van der Waals surface area contributed by atoms with E-state index in [4.69, 9.17) is 9.47 Å². The van der Waals surface area contributed by atoms with Crippen LogP contribution in [0.1, 0.15) is 18.5 Å². The minimum absolute atomic E-state index is 0.112. The van der Waals surface area contributed by atoms with Gasteiger partial charge in [0.25, 0.3) is 0 Å². The van der Waals surface area contributed by atoms with Crippen LogP contribution in [0.5, 0.6) is 0 Å². The van der Waals surface area contributed by atoms with Crippen LogP contribution in [-0.2, 0) is 20.8 Å². The number of hydrogen-bond donors (Lipinski definition) is 0. The number of hydrogen-bond acceptors (Lipinski definition) is 5.